The molecule has 2 aromatic rings. The van der Waals surface area contributed by atoms with Gasteiger partial charge < -0.3 is 11.1 Å². The minimum Gasteiger partial charge on any atom is -0.397 e. The summed E-state index contributed by atoms with van der Waals surface area (Å²) in [5, 5.41) is 3.92. The molecule has 1 aliphatic rings. The van der Waals surface area contributed by atoms with Crippen LogP contribution >= 0.6 is 0 Å². The monoisotopic (exact) mass is 255 g/mol. The van der Waals surface area contributed by atoms with Crippen molar-refractivity contribution in [1.82, 2.24) is 4.98 Å². The summed E-state index contributed by atoms with van der Waals surface area (Å²) in [6.07, 6.45) is 6.01. The summed E-state index contributed by atoms with van der Waals surface area (Å²) in [6.45, 7) is 0. The maximum absolute atomic E-state index is 12.2. The Bertz CT molecular complexity index is 618. The Morgan fingerprint density at radius 3 is 2.84 bits per heavy atom. The van der Waals surface area contributed by atoms with Gasteiger partial charge in [0.25, 0.3) is 0 Å². The minimum atomic E-state index is 0.118. The topological polar surface area (TPSA) is 68.0 Å². The summed E-state index contributed by atoms with van der Waals surface area (Å²) >= 11 is 0. The molecule has 1 fully saturated rings. The van der Waals surface area contributed by atoms with Crippen LogP contribution in [0.5, 0.6) is 0 Å². The second-order valence-corrected chi connectivity index (χ2v) is 5.07. The average molecular weight is 255 g/mol. The molecule has 0 saturated heterocycles. The van der Waals surface area contributed by atoms with Crippen molar-refractivity contribution in [2.24, 2.45) is 5.92 Å². The van der Waals surface area contributed by atoms with Gasteiger partial charge in [0.2, 0.25) is 5.91 Å². The Hall–Kier alpha value is -2.10. The van der Waals surface area contributed by atoms with Crippen LogP contribution in [0, 0.1) is 5.92 Å². The van der Waals surface area contributed by atoms with E-state index in [1.54, 1.807) is 12.3 Å². The number of benzene rings is 1. The number of nitrogen functional groups attached to an aromatic ring is 1. The first-order chi connectivity index (χ1) is 9.25. The Morgan fingerprint density at radius 1 is 1.26 bits per heavy atom. The molecule has 3 N–H and O–H groups in total. The van der Waals surface area contributed by atoms with Crippen molar-refractivity contribution in [2.75, 3.05) is 11.1 Å². The minimum absolute atomic E-state index is 0.118. The van der Waals surface area contributed by atoms with Gasteiger partial charge in [-0.2, -0.15) is 0 Å². The zero-order valence-corrected chi connectivity index (χ0v) is 10.7. The molecule has 4 nitrogen and oxygen atoms in total. The van der Waals surface area contributed by atoms with Crippen molar-refractivity contribution >= 4 is 28.2 Å². The van der Waals surface area contributed by atoms with E-state index in [0.29, 0.717) is 5.69 Å². The van der Waals surface area contributed by atoms with Crippen molar-refractivity contribution in [1.29, 1.82) is 0 Å². The molecule has 0 atom stereocenters. The van der Waals surface area contributed by atoms with Gasteiger partial charge in [-0.1, -0.05) is 12.8 Å². The SMILES string of the molecule is Nc1ccc(NC(=O)C2CCCC2)c2cccnc12. The number of nitrogens with two attached hydrogens (primary N) is 1. The van der Waals surface area contributed by atoms with Crippen molar-refractivity contribution in [3.05, 3.63) is 30.5 Å². The highest BCUT2D eigenvalue weighted by atomic mass is 16.1. The third-order valence-corrected chi connectivity index (χ3v) is 3.78. The van der Waals surface area contributed by atoms with Gasteiger partial charge in [0, 0.05) is 17.5 Å². The molecule has 3 rings (SSSR count). The second kappa shape index (κ2) is 4.88. The molecule has 1 amide bonds. The second-order valence-electron chi connectivity index (χ2n) is 5.07. The molecule has 0 spiro atoms. The van der Waals surface area contributed by atoms with Crippen LogP contribution in [-0.4, -0.2) is 10.9 Å². The number of fused-ring (bicyclic) bond motifs is 1. The maximum Gasteiger partial charge on any atom is 0.227 e. The summed E-state index contributed by atoms with van der Waals surface area (Å²) < 4.78 is 0. The lowest BCUT2D eigenvalue weighted by molar-refractivity contribution is -0.119. The number of hydrogen-bond donors (Lipinski definition) is 2. The lowest BCUT2D eigenvalue weighted by Gasteiger charge is -2.13. The molecule has 1 aromatic heterocycles. The number of rotatable bonds is 2. The van der Waals surface area contributed by atoms with E-state index < -0.39 is 0 Å². The first-order valence-corrected chi connectivity index (χ1v) is 6.70. The van der Waals surface area contributed by atoms with E-state index in [1.807, 2.05) is 18.2 Å². The molecule has 1 heterocycles. The smallest absolute Gasteiger partial charge is 0.227 e. The van der Waals surface area contributed by atoms with Gasteiger partial charge in [0.1, 0.15) is 0 Å². The number of hydrogen-bond acceptors (Lipinski definition) is 3. The summed E-state index contributed by atoms with van der Waals surface area (Å²) in [7, 11) is 0. The van der Waals surface area contributed by atoms with Gasteiger partial charge in [-0.05, 0) is 37.1 Å². The normalized spacial score (nSPS) is 15.8. The predicted octanol–water partition coefficient (Wildman–Crippen LogP) is 2.95. The van der Waals surface area contributed by atoms with Gasteiger partial charge in [0.15, 0.2) is 0 Å². The standard InChI is InChI=1S/C15H17N3O/c16-12-7-8-13(11-6-3-9-17-14(11)12)18-15(19)10-4-1-2-5-10/h3,6-10H,1-2,4-5,16H2,(H,18,19). The van der Waals surface area contributed by atoms with Crippen molar-refractivity contribution in [3.8, 4) is 0 Å². The van der Waals surface area contributed by atoms with Crippen LogP contribution in [-0.2, 0) is 4.79 Å². The van der Waals surface area contributed by atoms with Gasteiger partial charge in [-0.25, -0.2) is 0 Å². The van der Waals surface area contributed by atoms with Gasteiger partial charge in [-0.15, -0.1) is 0 Å². The third kappa shape index (κ3) is 2.26. The first kappa shape index (κ1) is 12.0. The molecule has 1 aliphatic carbocycles. The summed E-state index contributed by atoms with van der Waals surface area (Å²) in [6, 6.07) is 7.43. The average Bonchev–Trinajstić information content (AvgIpc) is 2.96. The number of pyridine rings is 1. The fourth-order valence-electron chi connectivity index (χ4n) is 2.73. The highest BCUT2D eigenvalue weighted by Gasteiger charge is 2.23. The lowest BCUT2D eigenvalue weighted by atomic mass is 10.1. The molecular weight excluding hydrogens is 238 g/mol. The van der Waals surface area contributed by atoms with Gasteiger partial charge in [0.05, 0.1) is 16.9 Å². The van der Waals surface area contributed by atoms with Crippen molar-refractivity contribution < 1.29 is 4.79 Å². The number of nitrogens with one attached hydrogen (secondary N) is 1. The highest BCUT2D eigenvalue weighted by molar-refractivity contribution is 6.04. The fourth-order valence-corrected chi connectivity index (χ4v) is 2.73. The Morgan fingerprint density at radius 2 is 2.05 bits per heavy atom. The van der Waals surface area contributed by atoms with E-state index in [2.05, 4.69) is 10.3 Å². The molecular formula is C15H17N3O. The van der Waals surface area contributed by atoms with E-state index in [9.17, 15) is 4.79 Å². The van der Waals surface area contributed by atoms with Crippen LogP contribution in [0.15, 0.2) is 30.5 Å². The molecule has 4 heteroatoms. The third-order valence-electron chi connectivity index (χ3n) is 3.78. The van der Waals surface area contributed by atoms with Crippen LogP contribution in [0.3, 0.4) is 0 Å². The summed E-state index contributed by atoms with van der Waals surface area (Å²) in [4.78, 5) is 16.5. The summed E-state index contributed by atoms with van der Waals surface area (Å²) in [5.41, 5.74) is 8.08. The first-order valence-electron chi connectivity index (χ1n) is 6.70. The maximum atomic E-state index is 12.2. The van der Waals surface area contributed by atoms with Crippen LogP contribution in [0.1, 0.15) is 25.7 Å². The molecule has 19 heavy (non-hydrogen) atoms. The zero-order valence-electron chi connectivity index (χ0n) is 10.7. The van der Waals surface area contributed by atoms with E-state index in [0.717, 1.165) is 42.3 Å². The molecule has 1 saturated carbocycles. The fraction of sp³-hybridized carbons (Fsp3) is 0.333. The summed E-state index contributed by atoms with van der Waals surface area (Å²) in [5.74, 6) is 0.275. The van der Waals surface area contributed by atoms with Crippen LogP contribution in [0.4, 0.5) is 11.4 Å². The van der Waals surface area contributed by atoms with Crippen LogP contribution in [0.2, 0.25) is 0 Å². The van der Waals surface area contributed by atoms with Crippen molar-refractivity contribution in [2.45, 2.75) is 25.7 Å². The van der Waals surface area contributed by atoms with Gasteiger partial charge in [-0.3, -0.25) is 9.78 Å². The van der Waals surface area contributed by atoms with E-state index >= 15 is 0 Å². The number of carbonyl (C=O) groups excluding carboxylic acids is 1. The van der Waals surface area contributed by atoms with E-state index in [1.165, 1.54) is 0 Å². The van der Waals surface area contributed by atoms with Crippen LogP contribution in [0.25, 0.3) is 10.9 Å². The lowest BCUT2D eigenvalue weighted by Crippen LogP contribution is -2.20. The van der Waals surface area contributed by atoms with E-state index in [4.69, 9.17) is 5.73 Å². The quantitative estimate of drug-likeness (QED) is 0.811. The van der Waals surface area contributed by atoms with Gasteiger partial charge >= 0.3 is 0 Å². The Kier molecular flexibility index (Phi) is 3.07. The number of amides is 1. The molecule has 0 radical (unpaired) electrons. The number of nitrogens with zero attached hydrogens (tertiary/aromatic N) is 1. The van der Waals surface area contributed by atoms with Crippen LogP contribution < -0.4 is 11.1 Å². The molecule has 0 unspecified atom stereocenters. The van der Waals surface area contributed by atoms with E-state index in [-0.39, 0.29) is 11.8 Å². The number of aromatic nitrogens is 1. The molecule has 0 aliphatic heterocycles. The molecule has 1 aromatic carbocycles. The van der Waals surface area contributed by atoms with Crippen molar-refractivity contribution in [3.63, 3.8) is 0 Å². The number of anilines is 2. The Labute approximate surface area is 112 Å². The molecule has 0 bridgehead atoms. The largest absolute Gasteiger partial charge is 0.397 e. The Balaban J connectivity index is 1.92. The highest BCUT2D eigenvalue weighted by Crippen LogP contribution is 2.29. The zero-order chi connectivity index (χ0) is 13.2. The molecule has 98 valence electrons. The predicted molar refractivity (Wildman–Crippen MR) is 76.7 cm³/mol. The number of carbonyl (C=O) groups is 1.